The van der Waals surface area contributed by atoms with Crippen LogP contribution in [0.4, 0.5) is 16.2 Å². The number of ether oxygens (including phenoxy) is 2. The van der Waals surface area contributed by atoms with E-state index in [1.54, 1.807) is 28.9 Å². The number of nitrogens with zero attached hydrogens (tertiary/aromatic N) is 2. The molecule has 2 amide bonds. The van der Waals surface area contributed by atoms with E-state index in [4.69, 9.17) is 9.47 Å². The van der Waals surface area contributed by atoms with Gasteiger partial charge < -0.3 is 14.4 Å². The van der Waals surface area contributed by atoms with Crippen molar-refractivity contribution in [1.82, 2.24) is 0 Å². The molecule has 0 saturated carbocycles. The Morgan fingerprint density at radius 1 is 0.967 bits per heavy atom. The molecule has 0 radical (unpaired) electrons. The number of fused-ring (bicyclic) bond motifs is 1. The smallest absolute Gasteiger partial charge is 0.414 e. The van der Waals surface area contributed by atoms with E-state index in [1.165, 1.54) is 0 Å². The van der Waals surface area contributed by atoms with Gasteiger partial charge >= 0.3 is 6.09 Å². The average molecular weight is 411 g/mol. The fourth-order valence-corrected chi connectivity index (χ4v) is 3.74. The molecule has 1 atom stereocenters. The summed E-state index contributed by atoms with van der Waals surface area (Å²) >= 11 is 0. The Labute approximate surface area is 178 Å². The maximum absolute atomic E-state index is 13.4. The van der Waals surface area contributed by atoms with Crippen molar-refractivity contribution in [3.05, 3.63) is 53.1 Å². The third-order valence-corrected chi connectivity index (χ3v) is 5.49. The summed E-state index contributed by atoms with van der Waals surface area (Å²) in [5.41, 5.74) is 4.16. The second-order valence-electron chi connectivity index (χ2n) is 7.43. The van der Waals surface area contributed by atoms with Crippen LogP contribution < -0.4 is 14.5 Å². The summed E-state index contributed by atoms with van der Waals surface area (Å²) in [6.07, 6.45) is 0.333. The van der Waals surface area contributed by atoms with Crippen LogP contribution in [0.1, 0.15) is 48.7 Å². The van der Waals surface area contributed by atoms with Crippen molar-refractivity contribution < 1.29 is 19.1 Å². The van der Waals surface area contributed by atoms with E-state index in [2.05, 4.69) is 0 Å². The molecule has 3 rings (SSSR count). The van der Waals surface area contributed by atoms with Gasteiger partial charge in [0.05, 0.1) is 30.6 Å². The van der Waals surface area contributed by atoms with Crippen molar-refractivity contribution in [3.8, 4) is 5.75 Å². The molecule has 1 aliphatic rings. The highest BCUT2D eigenvalue weighted by atomic mass is 16.6. The molecule has 0 spiro atoms. The summed E-state index contributed by atoms with van der Waals surface area (Å²) in [6, 6.07) is 11.0. The Morgan fingerprint density at radius 3 is 2.17 bits per heavy atom. The van der Waals surface area contributed by atoms with Gasteiger partial charge in [-0.1, -0.05) is 6.92 Å². The molecule has 0 N–H and O–H groups in total. The fourth-order valence-electron chi connectivity index (χ4n) is 3.74. The first-order valence-corrected chi connectivity index (χ1v) is 10.5. The van der Waals surface area contributed by atoms with E-state index in [-0.39, 0.29) is 18.0 Å². The lowest BCUT2D eigenvalue weighted by atomic mass is 9.99. The van der Waals surface area contributed by atoms with Crippen LogP contribution in [0.3, 0.4) is 0 Å². The van der Waals surface area contributed by atoms with Crippen LogP contribution in [0, 0.1) is 13.8 Å². The summed E-state index contributed by atoms with van der Waals surface area (Å²) in [5, 5.41) is 0. The number of carbonyl (C=O) groups excluding carboxylic acids is 2. The summed E-state index contributed by atoms with van der Waals surface area (Å²) in [5.74, 6) is 0.643. The summed E-state index contributed by atoms with van der Waals surface area (Å²) in [6.45, 7) is 11.1. The normalized spacial score (nSPS) is 15.6. The van der Waals surface area contributed by atoms with Gasteiger partial charge in [-0.25, -0.2) is 4.79 Å². The molecule has 6 heteroatoms. The predicted octanol–water partition coefficient (Wildman–Crippen LogP) is 5.10. The lowest BCUT2D eigenvalue weighted by Crippen LogP contribution is -2.53. The number of amides is 2. The largest absolute Gasteiger partial charge is 0.494 e. The number of carbonyl (C=O) groups is 2. The molecule has 1 unspecified atom stereocenters. The topological polar surface area (TPSA) is 59.1 Å². The lowest BCUT2D eigenvalue weighted by Gasteiger charge is -2.42. The van der Waals surface area contributed by atoms with Gasteiger partial charge in [0.2, 0.25) is 0 Å². The van der Waals surface area contributed by atoms with Gasteiger partial charge in [0, 0.05) is 12.1 Å². The third-order valence-electron chi connectivity index (χ3n) is 5.49. The van der Waals surface area contributed by atoms with Crippen LogP contribution in [-0.2, 0) is 4.74 Å². The molecule has 2 aromatic carbocycles. The third kappa shape index (κ3) is 4.13. The molecule has 30 heavy (non-hydrogen) atoms. The van der Waals surface area contributed by atoms with E-state index in [1.807, 2.05) is 52.0 Å². The second kappa shape index (κ2) is 9.20. The van der Waals surface area contributed by atoms with Crippen molar-refractivity contribution in [3.63, 3.8) is 0 Å². The summed E-state index contributed by atoms with van der Waals surface area (Å²) < 4.78 is 10.8. The van der Waals surface area contributed by atoms with Gasteiger partial charge in [-0.05, 0) is 81.6 Å². The molecular weight excluding hydrogens is 380 g/mol. The average Bonchev–Trinajstić information content (AvgIpc) is 2.74. The zero-order chi connectivity index (χ0) is 21.8. The van der Waals surface area contributed by atoms with Crippen LogP contribution in [0.25, 0.3) is 0 Å². The molecule has 0 fully saturated rings. The van der Waals surface area contributed by atoms with Gasteiger partial charge in [-0.3, -0.25) is 9.69 Å². The molecule has 1 aliphatic heterocycles. The molecule has 0 aromatic heterocycles. The lowest BCUT2D eigenvalue weighted by molar-refractivity contribution is 0.0981. The van der Waals surface area contributed by atoms with Gasteiger partial charge in [-0.2, -0.15) is 0 Å². The Morgan fingerprint density at radius 2 is 1.60 bits per heavy atom. The first kappa shape index (κ1) is 21.7. The van der Waals surface area contributed by atoms with Gasteiger partial charge in [0.1, 0.15) is 5.75 Å². The number of rotatable bonds is 5. The van der Waals surface area contributed by atoms with Crippen molar-refractivity contribution in [2.75, 3.05) is 29.6 Å². The Balaban J connectivity index is 2.05. The van der Waals surface area contributed by atoms with E-state index in [9.17, 15) is 9.59 Å². The Kier molecular flexibility index (Phi) is 6.65. The molecular formula is C24H30N2O4. The van der Waals surface area contributed by atoms with Crippen LogP contribution in [-0.4, -0.2) is 37.8 Å². The molecule has 6 nitrogen and oxygen atoms in total. The van der Waals surface area contributed by atoms with Crippen LogP contribution >= 0.6 is 0 Å². The molecule has 0 saturated heterocycles. The van der Waals surface area contributed by atoms with Gasteiger partial charge in [0.25, 0.3) is 5.91 Å². The monoisotopic (exact) mass is 410 g/mol. The minimum Gasteiger partial charge on any atom is -0.494 e. The highest BCUT2D eigenvalue weighted by Crippen LogP contribution is 2.39. The predicted molar refractivity (Wildman–Crippen MR) is 119 cm³/mol. The fraction of sp³-hybridized carbons (Fsp3) is 0.417. The van der Waals surface area contributed by atoms with Crippen LogP contribution in [0.5, 0.6) is 5.75 Å². The molecule has 0 bridgehead atoms. The van der Waals surface area contributed by atoms with Crippen LogP contribution in [0.15, 0.2) is 36.4 Å². The van der Waals surface area contributed by atoms with Crippen molar-refractivity contribution in [2.24, 2.45) is 0 Å². The van der Waals surface area contributed by atoms with Crippen molar-refractivity contribution in [1.29, 1.82) is 0 Å². The maximum atomic E-state index is 13.4. The zero-order valence-electron chi connectivity index (χ0n) is 18.4. The molecule has 160 valence electrons. The second-order valence-corrected chi connectivity index (χ2v) is 7.43. The molecule has 1 heterocycles. The Bertz CT molecular complexity index is 924. The van der Waals surface area contributed by atoms with Crippen LogP contribution in [0.2, 0.25) is 0 Å². The van der Waals surface area contributed by atoms with E-state index in [0.29, 0.717) is 37.4 Å². The van der Waals surface area contributed by atoms with Crippen molar-refractivity contribution in [2.45, 2.75) is 47.1 Å². The van der Waals surface area contributed by atoms with Gasteiger partial charge in [-0.15, -0.1) is 0 Å². The number of aryl methyl sites for hydroxylation is 2. The zero-order valence-corrected chi connectivity index (χ0v) is 18.4. The highest BCUT2D eigenvalue weighted by Gasteiger charge is 2.37. The summed E-state index contributed by atoms with van der Waals surface area (Å²) in [4.78, 5) is 29.7. The molecule has 0 aliphatic carbocycles. The van der Waals surface area contributed by atoms with Gasteiger partial charge in [0.15, 0.2) is 0 Å². The Hall–Kier alpha value is -3.02. The number of anilines is 2. The standard InChI is InChI=1S/C24H30N2O4/c1-6-19-15-25(23(27)18-9-11-20(12-10-18)29-7-2)21-13-16(4)17(5)14-22(21)26(19)24(28)30-8-3/h9-14,19H,6-8,15H2,1-5H3. The molecule has 2 aromatic rings. The number of benzene rings is 2. The number of hydrogen-bond acceptors (Lipinski definition) is 4. The number of hydrogen-bond donors (Lipinski definition) is 0. The van der Waals surface area contributed by atoms with E-state index < -0.39 is 0 Å². The van der Waals surface area contributed by atoms with Crippen molar-refractivity contribution >= 4 is 23.4 Å². The maximum Gasteiger partial charge on any atom is 0.414 e. The SMILES string of the molecule is CCOC(=O)N1c2cc(C)c(C)cc2N(C(=O)c2ccc(OCC)cc2)CC1CC. The highest BCUT2D eigenvalue weighted by molar-refractivity contribution is 6.10. The first-order valence-electron chi connectivity index (χ1n) is 10.5. The quantitative estimate of drug-likeness (QED) is 0.688. The van der Waals surface area contributed by atoms with E-state index >= 15 is 0 Å². The first-order chi connectivity index (χ1) is 14.4. The minimum atomic E-state index is -0.373. The van der Waals surface area contributed by atoms with E-state index in [0.717, 1.165) is 22.6 Å². The minimum absolute atomic E-state index is 0.0930. The summed E-state index contributed by atoms with van der Waals surface area (Å²) in [7, 11) is 0.